The van der Waals surface area contributed by atoms with E-state index in [0.717, 1.165) is 44.4 Å². The molecule has 0 saturated carbocycles. The maximum Gasteiger partial charge on any atom is 0.310 e. The van der Waals surface area contributed by atoms with Gasteiger partial charge in [0, 0.05) is 35.9 Å². The number of rotatable bonds is 10. The van der Waals surface area contributed by atoms with Crippen LogP contribution >= 0.6 is 0 Å². The normalized spacial score (nSPS) is 12.5. The van der Waals surface area contributed by atoms with Crippen LogP contribution in [0.4, 0.5) is 0 Å². The number of carbonyl (C=O) groups is 1. The fraction of sp³-hybridized carbons (Fsp3) is 0.355. The third kappa shape index (κ3) is 7.13. The predicted octanol–water partition coefficient (Wildman–Crippen LogP) is 5.79. The summed E-state index contributed by atoms with van der Waals surface area (Å²) in [5, 5.41) is 1.13. The Kier molecular flexibility index (Phi) is 8.87. The van der Waals surface area contributed by atoms with Crippen molar-refractivity contribution in [2.45, 2.75) is 58.9 Å². The van der Waals surface area contributed by atoms with Gasteiger partial charge in [-0.25, -0.2) is 8.93 Å². The van der Waals surface area contributed by atoms with Gasteiger partial charge in [-0.2, -0.15) is 0 Å². The number of carbonyl (C=O) groups excluding carboxylic acids is 1. The summed E-state index contributed by atoms with van der Waals surface area (Å²) in [6.45, 7) is 10.7. The zero-order valence-electron chi connectivity index (χ0n) is 23.5. The van der Waals surface area contributed by atoms with E-state index in [1.54, 1.807) is 13.1 Å². The highest BCUT2D eigenvalue weighted by molar-refractivity contribution is 7.84. The third-order valence-electron chi connectivity index (χ3n) is 6.39. The summed E-state index contributed by atoms with van der Waals surface area (Å²) in [5.41, 5.74) is 6.88. The minimum Gasteiger partial charge on any atom is -0.489 e. The van der Waals surface area contributed by atoms with Crippen molar-refractivity contribution in [1.29, 1.82) is 0 Å². The van der Waals surface area contributed by atoms with Crippen LogP contribution in [0.15, 0.2) is 60.9 Å². The van der Waals surface area contributed by atoms with Gasteiger partial charge in [-0.3, -0.25) is 9.78 Å². The molecule has 0 saturated heterocycles. The van der Waals surface area contributed by atoms with Gasteiger partial charge in [0.1, 0.15) is 12.4 Å². The Balaban J connectivity index is 1.62. The number of nitrogens with one attached hydrogen (secondary N) is 1. The van der Waals surface area contributed by atoms with Crippen molar-refractivity contribution in [3.05, 3.63) is 83.3 Å². The van der Waals surface area contributed by atoms with Crippen molar-refractivity contribution in [1.82, 2.24) is 14.3 Å². The summed E-state index contributed by atoms with van der Waals surface area (Å²) in [5.74, 6) is 0.411. The number of esters is 1. The Hall–Kier alpha value is -3.49. The summed E-state index contributed by atoms with van der Waals surface area (Å²) in [7, 11) is 0.846. The lowest BCUT2D eigenvalue weighted by molar-refractivity contribution is -0.142. The molecule has 0 aliphatic carbocycles. The molecule has 0 spiro atoms. The molecule has 8 heteroatoms. The van der Waals surface area contributed by atoms with Gasteiger partial charge in [-0.1, -0.05) is 12.1 Å². The summed E-state index contributed by atoms with van der Waals surface area (Å²) < 4.78 is 28.7. The maximum absolute atomic E-state index is 12.5. The van der Waals surface area contributed by atoms with Gasteiger partial charge in [0.2, 0.25) is 0 Å². The minimum atomic E-state index is -1.18. The second-order valence-electron chi connectivity index (χ2n) is 10.6. The van der Waals surface area contributed by atoms with Crippen LogP contribution in [-0.4, -0.2) is 31.1 Å². The molecule has 2 heterocycles. The largest absolute Gasteiger partial charge is 0.489 e. The highest BCUT2D eigenvalue weighted by atomic mass is 32.2. The number of benzene rings is 2. The van der Waals surface area contributed by atoms with E-state index in [1.807, 2.05) is 71.3 Å². The topological polar surface area (TPSA) is 82.5 Å². The van der Waals surface area contributed by atoms with E-state index in [1.165, 1.54) is 0 Å². The average molecular weight is 548 g/mol. The molecule has 0 unspecified atom stereocenters. The summed E-state index contributed by atoms with van der Waals surface area (Å²) >= 11 is 0. The molecule has 1 atom stereocenters. The Morgan fingerprint density at radius 1 is 1.10 bits per heavy atom. The Morgan fingerprint density at radius 3 is 2.64 bits per heavy atom. The maximum atomic E-state index is 12.5. The van der Waals surface area contributed by atoms with Crippen molar-refractivity contribution < 1.29 is 18.5 Å². The van der Waals surface area contributed by atoms with E-state index in [2.05, 4.69) is 32.5 Å². The number of aryl methyl sites for hydroxylation is 2. The minimum absolute atomic E-state index is 0.166. The van der Waals surface area contributed by atoms with Crippen LogP contribution in [0.25, 0.3) is 22.0 Å². The van der Waals surface area contributed by atoms with Crippen LogP contribution in [0.5, 0.6) is 5.75 Å². The van der Waals surface area contributed by atoms with Crippen LogP contribution in [0, 0.1) is 6.92 Å². The van der Waals surface area contributed by atoms with Crippen LogP contribution in [0.1, 0.15) is 50.1 Å². The zero-order chi connectivity index (χ0) is 28.2. The number of fused-ring (bicyclic) bond motifs is 1. The van der Waals surface area contributed by atoms with Crippen molar-refractivity contribution in [2.24, 2.45) is 7.05 Å². The van der Waals surface area contributed by atoms with Crippen LogP contribution in [0.2, 0.25) is 0 Å². The van der Waals surface area contributed by atoms with Crippen molar-refractivity contribution in [2.75, 3.05) is 6.61 Å². The number of ether oxygens (including phenoxy) is 2. The first-order valence-electron chi connectivity index (χ1n) is 13.1. The van der Waals surface area contributed by atoms with Crippen molar-refractivity contribution >= 4 is 27.9 Å². The van der Waals surface area contributed by atoms with Gasteiger partial charge < -0.3 is 14.0 Å². The Morgan fingerprint density at radius 2 is 1.90 bits per heavy atom. The molecular formula is C31H37N3O4S. The van der Waals surface area contributed by atoms with Crippen LogP contribution in [0.3, 0.4) is 0 Å². The van der Waals surface area contributed by atoms with E-state index in [4.69, 9.17) is 9.47 Å². The fourth-order valence-corrected chi connectivity index (χ4v) is 5.03. The first-order valence-corrected chi connectivity index (χ1v) is 14.3. The highest BCUT2D eigenvalue weighted by Crippen LogP contribution is 2.32. The number of hydrogen-bond donors (Lipinski definition) is 1. The molecule has 0 aliphatic heterocycles. The second-order valence-corrected chi connectivity index (χ2v) is 12.7. The summed E-state index contributed by atoms with van der Waals surface area (Å²) in [4.78, 5) is 16.6. The first kappa shape index (κ1) is 28.5. The molecule has 0 bridgehead atoms. The van der Waals surface area contributed by atoms with Gasteiger partial charge >= 0.3 is 5.97 Å². The highest BCUT2D eigenvalue weighted by Gasteiger charge is 2.19. The standard InChI is InChI=1S/C31H37N3O4S/c1-7-37-30(35)18-24-9-8-21(2)14-29(24)38-20-22-15-27(26-11-13-34(6)28(26)16-22)23-10-12-32-25(17-23)19-33-39(36)31(3,4)5/h8-17,33H,7,18-20H2,1-6H3/t39-/m0/s1. The molecule has 2 aromatic carbocycles. The van der Waals surface area contributed by atoms with Gasteiger partial charge in [-0.05, 0) is 93.3 Å². The van der Waals surface area contributed by atoms with Crippen LogP contribution in [-0.2, 0) is 47.1 Å². The number of aromatic nitrogens is 2. The van der Waals surface area contributed by atoms with E-state index < -0.39 is 11.0 Å². The number of pyridine rings is 1. The predicted molar refractivity (Wildman–Crippen MR) is 157 cm³/mol. The Labute approximate surface area is 233 Å². The van der Waals surface area contributed by atoms with E-state index >= 15 is 0 Å². The van der Waals surface area contributed by atoms with Gasteiger partial charge in [-0.15, -0.1) is 0 Å². The molecule has 0 amide bonds. The molecule has 7 nitrogen and oxygen atoms in total. The first-order chi connectivity index (χ1) is 18.5. The SMILES string of the molecule is CCOC(=O)Cc1ccc(C)cc1OCc1cc(-c2ccnc(CN[S@@](=O)C(C)(C)C)c2)c2ccn(C)c2c1. The smallest absolute Gasteiger partial charge is 0.310 e. The number of nitrogens with zero attached hydrogens (tertiary/aromatic N) is 2. The lowest BCUT2D eigenvalue weighted by Gasteiger charge is -2.18. The van der Waals surface area contributed by atoms with Gasteiger partial charge in [0.25, 0.3) is 0 Å². The molecule has 0 fully saturated rings. The lowest BCUT2D eigenvalue weighted by atomic mass is 9.99. The van der Waals surface area contributed by atoms with Crippen molar-refractivity contribution in [3.8, 4) is 16.9 Å². The molecule has 39 heavy (non-hydrogen) atoms. The molecule has 0 radical (unpaired) electrons. The molecule has 206 valence electrons. The number of hydrogen-bond acceptors (Lipinski definition) is 5. The molecule has 4 aromatic rings. The fourth-order valence-electron chi connectivity index (χ4n) is 4.32. The van der Waals surface area contributed by atoms with Gasteiger partial charge in [0.05, 0.1) is 41.0 Å². The molecule has 0 aliphatic rings. The van der Waals surface area contributed by atoms with Crippen LogP contribution < -0.4 is 9.46 Å². The average Bonchev–Trinajstić information content (AvgIpc) is 3.27. The second kappa shape index (κ2) is 12.1. The van der Waals surface area contributed by atoms with E-state index in [-0.39, 0.29) is 17.1 Å². The summed E-state index contributed by atoms with van der Waals surface area (Å²) in [6, 6.07) is 16.3. The molecule has 2 aromatic heterocycles. The van der Waals surface area contributed by atoms with Gasteiger partial charge in [0.15, 0.2) is 0 Å². The monoisotopic (exact) mass is 547 g/mol. The quantitative estimate of drug-likeness (QED) is 0.254. The van der Waals surface area contributed by atoms with Crippen molar-refractivity contribution in [3.63, 3.8) is 0 Å². The molecule has 4 rings (SSSR count). The van der Waals surface area contributed by atoms with E-state index in [9.17, 15) is 9.00 Å². The third-order valence-corrected chi connectivity index (χ3v) is 7.91. The molecule has 1 N–H and O–H groups in total. The Bertz CT molecular complexity index is 1500. The lowest BCUT2D eigenvalue weighted by Crippen LogP contribution is -2.33. The molecular weight excluding hydrogens is 510 g/mol. The zero-order valence-corrected chi connectivity index (χ0v) is 24.4. The van der Waals surface area contributed by atoms with E-state index in [0.29, 0.717) is 25.5 Å². The summed E-state index contributed by atoms with van der Waals surface area (Å²) in [6.07, 6.45) is 4.00.